The Labute approximate surface area is 105 Å². The van der Waals surface area contributed by atoms with E-state index in [2.05, 4.69) is 10.6 Å². The molecule has 2 heterocycles. The van der Waals surface area contributed by atoms with Gasteiger partial charge >= 0.3 is 6.03 Å². The molecule has 1 aliphatic rings. The molecule has 0 spiro atoms. The van der Waals surface area contributed by atoms with Gasteiger partial charge in [-0.05, 0) is 38.3 Å². The third-order valence-electron chi connectivity index (χ3n) is 2.75. The quantitative estimate of drug-likeness (QED) is 0.868. The maximum atomic E-state index is 11.5. The number of hydrogen-bond acceptors (Lipinski definition) is 3. The van der Waals surface area contributed by atoms with E-state index in [1.54, 1.807) is 11.3 Å². The molecule has 1 fully saturated rings. The molecule has 0 unspecified atom stereocenters. The lowest BCUT2D eigenvalue weighted by Crippen LogP contribution is -2.30. The highest BCUT2D eigenvalue weighted by molar-refractivity contribution is 7.16. The summed E-state index contributed by atoms with van der Waals surface area (Å²) in [7, 11) is 0. The number of aryl methyl sites for hydroxylation is 1. The van der Waals surface area contributed by atoms with Crippen molar-refractivity contribution in [1.29, 1.82) is 0 Å². The van der Waals surface area contributed by atoms with Crippen molar-refractivity contribution in [2.45, 2.75) is 32.3 Å². The number of thiophene rings is 1. The van der Waals surface area contributed by atoms with Crippen LogP contribution in [0.4, 0.5) is 9.80 Å². The molecule has 1 aromatic rings. The first kappa shape index (κ1) is 12.4. The molecule has 5 heteroatoms. The second kappa shape index (κ2) is 6.02. The number of nitrogens with one attached hydrogen (secondary N) is 2. The molecule has 2 amide bonds. The summed E-state index contributed by atoms with van der Waals surface area (Å²) in [6.45, 7) is 3.55. The van der Waals surface area contributed by atoms with Gasteiger partial charge < -0.3 is 10.1 Å². The largest absolute Gasteiger partial charge is 0.378 e. The molecule has 0 bridgehead atoms. The fourth-order valence-electron chi connectivity index (χ4n) is 1.88. The number of hydrogen-bond donors (Lipinski definition) is 2. The molecule has 1 atom stereocenters. The first-order valence-corrected chi connectivity index (χ1v) is 6.78. The van der Waals surface area contributed by atoms with E-state index in [-0.39, 0.29) is 6.03 Å². The summed E-state index contributed by atoms with van der Waals surface area (Å²) < 4.78 is 5.49. The zero-order chi connectivity index (χ0) is 12.1. The number of ether oxygens (including phenoxy) is 1. The zero-order valence-electron chi connectivity index (χ0n) is 9.99. The molecule has 94 valence electrons. The van der Waals surface area contributed by atoms with Crippen molar-refractivity contribution < 1.29 is 9.53 Å². The fourth-order valence-corrected chi connectivity index (χ4v) is 2.64. The van der Waals surface area contributed by atoms with E-state index in [9.17, 15) is 4.79 Å². The second-order valence-corrected chi connectivity index (χ2v) is 5.50. The Morgan fingerprint density at radius 1 is 1.59 bits per heavy atom. The first-order valence-electron chi connectivity index (χ1n) is 5.97. The number of anilines is 1. The molecule has 4 nitrogen and oxygen atoms in total. The molecule has 0 saturated carbocycles. The Morgan fingerprint density at radius 3 is 3.12 bits per heavy atom. The van der Waals surface area contributed by atoms with Crippen LogP contribution >= 0.6 is 11.3 Å². The minimum Gasteiger partial charge on any atom is -0.378 e. The number of amides is 2. The highest BCUT2D eigenvalue weighted by Gasteiger charge is 2.15. The normalized spacial score (nSPS) is 19.2. The van der Waals surface area contributed by atoms with E-state index in [1.807, 2.05) is 19.1 Å². The monoisotopic (exact) mass is 254 g/mol. The minimum atomic E-state index is -0.134. The van der Waals surface area contributed by atoms with Crippen LogP contribution in [0.2, 0.25) is 0 Å². The Balaban J connectivity index is 1.63. The van der Waals surface area contributed by atoms with Gasteiger partial charge in [0.15, 0.2) is 0 Å². The van der Waals surface area contributed by atoms with E-state index in [0.717, 1.165) is 30.9 Å². The molecule has 2 N–H and O–H groups in total. The van der Waals surface area contributed by atoms with Gasteiger partial charge in [-0.25, -0.2) is 4.79 Å². The lowest BCUT2D eigenvalue weighted by atomic mass is 10.2. The van der Waals surface area contributed by atoms with Crippen molar-refractivity contribution in [3.63, 3.8) is 0 Å². The van der Waals surface area contributed by atoms with Crippen molar-refractivity contribution >= 4 is 22.4 Å². The summed E-state index contributed by atoms with van der Waals surface area (Å²) in [6.07, 6.45) is 3.50. The predicted molar refractivity (Wildman–Crippen MR) is 69.7 cm³/mol. The number of rotatable bonds is 4. The van der Waals surface area contributed by atoms with Gasteiger partial charge in [-0.15, -0.1) is 11.3 Å². The van der Waals surface area contributed by atoms with Crippen LogP contribution in [-0.4, -0.2) is 25.3 Å². The van der Waals surface area contributed by atoms with Crippen LogP contribution < -0.4 is 10.6 Å². The third kappa shape index (κ3) is 4.02. The molecular weight excluding hydrogens is 236 g/mol. The van der Waals surface area contributed by atoms with Gasteiger partial charge in [-0.2, -0.15) is 0 Å². The van der Waals surface area contributed by atoms with Gasteiger partial charge in [0.25, 0.3) is 0 Å². The molecule has 2 rings (SSSR count). The van der Waals surface area contributed by atoms with Crippen LogP contribution in [0, 0.1) is 6.92 Å². The Morgan fingerprint density at radius 2 is 2.47 bits per heavy atom. The van der Waals surface area contributed by atoms with Crippen LogP contribution in [0.1, 0.15) is 24.1 Å². The molecule has 0 aromatic carbocycles. The Kier molecular flexibility index (Phi) is 4.39. The van der Waals surface area contributed by atoms with Crippen LogP contribution in [0.15, 0.2) is 12.1 Å². The molecule has 1 saturated heterocycles. The van der Waals surface area contributed by atoms with Crippen molar-refractivity contribution in [2.24, 2.45) is 0 Å². The lowest BCUT2D eigenvalue weighted by molar-refractivity contribution is 0.105. The Hall–Kier alpha value is -1.07. The average molecular weight is 254 g/mol. The SMILES string of the molecule is Cc1ccc(NC(=O)NCC[C@@H]2CCCO2)s1. The van der Waals surface area contributed by atoms with Crippen LogP contribution in [0.25, 0.3) is 0 Å². The summed E-state index contributed by atoms with van der Waals surface area (Å²) in [5.74, 6) is 0. The summed E-state index contributed by atoms with van der Waals surface area (Å²) >= 11 is 1.58. The maximum Gasteiger partial charge on any atom is 0.319 e. The predicted octanol–water partition coefficient (Wildman–Crippen LogP) is 2.75. The van der Waals surface area contributed by atoms with Gasteiger partial charge in [0, 0.05) is 18.0 Å². The number of carbonyl (C=O) groups is 1. The molecule has 0 aliphatic carbocycles. The standard InChI is InChI=1S/C12H18N2O2S/c1-9-4-5-11(17-9)14-12(15)13-7-6-10-3-2-8-16-10/h4-5,10H,2-3,6-8H2,1H3,(H2,13,14,15)/t10-/m0/s1. The summed E-state index contributed by atoms with van der Waals surface area (Å²) in [5, 5.41) is 6.55. The average Bonchev–Trinajstić information content (AvgIpc) is 2.90. The number of carbonyl (C=O) groups excluding carboxylic acids is 1. The number of urea groups is 1. The van der Waals surface area contributed by atoms with E-state index >= 15 is 0 Å². The lowest BCUT2D eigenvalue weighted by Gasteiger charge is -2.10. The van der Waals surface area contributed by atoms with Crippen LogP contribution in [0.5, 0.6) is 0 Å². The van der Waals surface area contributed by atoms with Gasteiger partial charge in [0.2, 0.25) is 0 Å². The van der Waals surface area contributed by atoms with Crippen LogP contribution in [0.3, 0.4) is 0 Å². The van der Waals surface area contributed by atoms with E-state index < -0.39 is 0 Å². The van der Waals surface area contributed by atoms with Crippen molar-refractivity contribution in [2.75, 3.05) is 18.5 Å². The van der Waals surface area contributed by atoms with Crippen molar-refractivity contribution in [1.82, 2.24) is 5.32 Å². The summed E-state index contributed by atoms with van der Waals surface area (Å²) in [6, 6.07) is 3.77. The first-order chi connectivity index (χ1) is 8.24. The molecular formula is C12H18N2O2S. The zero-order valence-corrected chi connectivity index (χ0v) is 10.8. The topological polar surface area (TPSA) is 50.4 Å². The molecule has 17 heavy (non-hydrogen) atoms. The highest BCUT2D eigenvalue weighted by atomic mass is 32.1. The summed E-state index contributed by atoms with van der Waals surface area (Å²) in [5.41, 5.74) is 0. The van der Waals surface area contributed by atoms with Crippen molar-refractivity contribution in [3.8, 4) is 0 Å². The second-order valence-electron chi connectivity index (χ2n) is 4.21. The smallest absolute Gasteiger partial charge is 0.319 e. The van der Waals surface area contributed by atoms with E-state index in [1.165, 1.54) is 4.88 Å². The summed E-state index contributed by atoms with van der Waals surface area (Å²) in [4.78, 5) is 12.7. The van der Waals surface area contributed by atoms with Crippen LogP contribution in [-0.2, 0) is 4.74 Å². The molecule has 1 aliphatic heterocycles. The minimum absolute atomic E-state index is 0.134. The van der Waals surface area contributed by atoms with E-state index in [0.29, 0.717) is 12.6 Å². The van der Waals surface area contributed by atoms with Gasteiger partial charge in [-0.3, -0.25) is 5.32 Å². The van der Waals surface area contributed by atoms with E-state index in [4.69, 9.17) is 4.74 Å². The maximum absolute atomic E-state index is 11.5. The third-order valence-corrected chi connectivity index (χ3v) is 3.67. The Bertz CT molecular complexity index is 372. The molecule has 0 radical (unpaired) electrons. The van der Waals surface area contributed by atoms with Crippen molar-refractivity contribution in [3.05, 3.63) is 17.0 Å². The van der Waals surface area contributed by atoms with Gasteiger partial charge in [-0.1, -0.05) is 0 Å². The molecule has 1 aromatic heterocycles. The van der Waals surface area contributed by atoms with Gasteiger partial charge in [0.1, 0.15) is 0 Å². The highest BCUT2D eigenvalue weighted by Crippen LogP contribution is 2.20. The van der Waals surface area contributed by atoms with Gasteiger partial charge in [0.05, 0.1) is 11.1 Å². The fraction of sp³-hybridized carbons (Fsp3) is 0.583.